The van der Waals surface area contributed by atoms with Crippen LogP contribution in [0.4, 0.5) is 18.0 Å². The normalized spacial score (nSPS) is 13.8. The second-order valence-electron chi connectivity index (χ2n) is 7.82. The van der Waals surface area contributed by atoms with Crippen molar-refractivity contribution in [3.8, 4) is 5.75 Å². The van der Waals surface area contributed by atoms with Gasteiger partial charge in [-0.3, -0.25) is 4.79 Å². The van der Waals surface area contributed by atoms with E-state index in [-0.39, 0.29) is 11.3 Å². The highest BCUT2D eigenvalue weighted by Gasteiger charge is 2.38. The predicted octanol–water partition coefficient (Wildman–Crippen LogP) is 6.12. The van der Waals surface area contributed by atoms with Crippen LogP contribution in [0.3, 0.4) is 0 Å². The zero-order valence-electron chi connectivity index (χ0n) is 17.4. The van der Waals surface area contributed by atoms with E-state index < -0.39 is 35.8 Å². The second-order valence-corrected chi connectivity index (χ2v) is 8.26. The minimum Gasteiger partial charge on any atom is -0.481 e. The molecule has 0 aliphatic rings. The average Bonchev–Trinajstić information content (AvgIpc) is 2.65. The number of halogens is 4. The Labute approximate surface area is 183 Å². The Kier molecular flexibility index (Phi) is 7.59. The smallest absolute Gasteiger partial charge is 0.425 e. The SMILES string of the molecule is CC(Oc1ccc(C(=O)C(NC(=O)OC(C)(C)C)c2ccc(Cl)cc2)cc1)C(F)(F)F. The van der Waals surface area contributed by atoms with E-state index >= 15 is 0 Å². The highest BCUT2D eigenvalue weighted by Crippen LogP contribution is 2.26. The zero-order chi connectivity index (χ0) is 23.4. The van der Waals surface area contributed by atoms with Gasteiger partial charge in [-0.1, -0.05) is 23.7 Å². The molecule has 2 unspecified atom stereocenters. The standard InChI is InChI=1S/C22H23ClF3NO4/c1-13(22(24,25)26)30-17-11-7-15(8-12-17)19(28)18(14-5-9-16(23)10-6-14)27-20(29)31-21(2,3)4/h5-13,18H,1-4H3,(H,27,29). The van der Waals surface area contributed by atoms with Crippen molar-refractivity contribution in [3.05, 3.63) is 64.7 Å². The summed E-state index contributed by atoms with van der Waals surface area (Å²) in [7, 11) is 0. The van der Waals surface area contributed by atoms with E-state index in [0.717, 1.165) is 6.92 Å². The summed E-state index contributed by atoms with van der Waals surface area (Å²) in [4.78, 5) is 25.4. The van der Waals surface area contributed by atoms with Crippen LogP contribution in [0.15, 0.2) is 48.5 Å². The van der Waals surface area contributed by atoms with E-state index in [4.69, 9.17) is 21.1 Å². The van der Waals surface area contributed by atoms with E-state index in [1.807, 2.05) is 0 Å². The molecule has 2 aromatic carbocycles. The van der Waals surface area contributed by atoms with Crippen molar-refractivity contribution < 1.29 is 32.2 Å². The van der Waals surface area contributed by atoms with Crippen LogP contribution in [0.5, 0.6) is 5.75 Å². The molecule has 0 saturated heterocycles. The molecule has 0 radical (unpaired) electrons. The number of ether oxygens (including phenoxy) is 2. The van der Waals surface area contributed by atoms with Gasteiger partial charge in [0.05, 0.1) is 0 Å². The lowest BCUT2D eigenvalue weighted by Crippen LogP contribution is -2.38. The number of alkyl halides is 3. The van der Waals surface area contributed by atoms with Crippen molar-refractivity contribution in [1.29, 1.82) is 0 Å². The number of ketones is 1. The summed E-state index contributed by atoms with van der Waals surface area (Å²) < 4.78 is 48.1. The molecule has 0 spiro atoms. The minimum absolute atomic E-state index is 0.0375. The van der Waals surface area contributed by atoms with Crippen LogP contribution >= 0.6 is 11.6 Å². The van der Waals surface area contributed by atoms with Crippen LogP contribution in [0, 0.1) is 0 Å². The molecule has 0 aliphatic heterocycles. The van der Waals surface area contributed by atoms with Gasteiger partial charge in [-0.25, -0.2) is 4.79 Å². The van der Waals surface area contributed by atoms with Crippen LogP contribution < -0.4 is 10.1 Å². The van der Waals surface area contributed by atoms with Crippen molar-refractivity contribution in [1.82, 2.24) is 5.32 Å². The van der Waals surface area contributed by atoms with Gasteiger partial charge in [-0.05, 0) is 69.7 Å². The van der Waals surface area contributed by atoms with E-state index in [0.29, 0.717) is 10.6 Å². The van der Waals surface area contributed by atoms with Gasteiger partial charge < -0.3 is 14.8 Å². The molecule has 168 valence electrons. The molecule has 2 atom stereocenters. The number of rotatable bonds is 6. The fourth-order valence-electron chi connectivity index (χ4n) is 2.52. The summed E-state index contributed by atoms with van der Waals surface area (Å²) >= 11 is 5.91. The lowest BCUT2D eigenvalue weighted by atomic mass is 9.97. The summed E-state index contributed by atoms with van der Waals surface area (Å²) in [5, 5.41) is 2.99. The molecule has 0 heterocycles. The average molecular weight is 458 g/mol. The van der Waals surface area contributed by atoms with Crippen molar-refractivity contribution in [2.75, 3.05) is 0 Å². The van der Waals surface area contributed by atoms with E-state index in [1.54, 1.807) is 45.0 Å². The quantitative estimate of drug-likeness (QED) is 0.531. The first kappa shape index (κ1) is 24.5. The number of alkyl carbamates (subject to hydrolysis) is 1. The maximum atomic E-state index is 13.1. The first-order valence-corrected chi connectivity index (χ1v) is 9.77. The number of hydrogen-bond donors (Lipinski definition) is 1. The molecule has 0 aliphatic carbocycles. The Balaban J connectivity index is 2.25. The first-order chi connectivity index (χ1) is 14.3. The summed E-state index contributed by atoms with van der Waals surface area (Å²) in [5.74, 6) is -0.520. The largest absolute Gasteiger partial charge is 0.481 e. The number of amides is 1. The lowest BCUT2D eigenvalue weighted by Gasteiger charge is -2.23. The third-order valence-corrected chi connectivity index (χ3v) is 4.29. The fraction of sp³-hybridized carbons (Fsp3) is 0.364. The maximum absolute atomic E-state index is 13.1. The molecule has 0 fully saturated rings. The fourth-order valence-corrected chi connectivity index (χ4v) is 2.64. The zero-order valence-corrected chi connectivity index (χ0v) is 18.2. The van der Waals surface area contributed by atoms with Crippen LogP contribution in [-0.2, 0) is 4.74 Å². The molecule has 0 bridgehead atoms. The van der Waals surface area contributed by atoms with Gasteiger partial charge >= 0.3 is 12.3 Å². The highest BCUT2D eigenvalue weighted by atomic mass is 35.5. The Morgan fingerprint density at radius 2 is 1.52 bits per heavy atom. The molecule has 1 amide bonds. The van der Waals surface area contributed by atoms with E-state index in [1.165, 1.54) is 24.3 Å². The van der Waals surface area contributed by atoms with Crippen molar-refractivity contribution >= 4 is 23.5 Å². The van der Waals surface area contributed by atoms with E-state index in [9.17, 15) is 22.8 Å². The topological polar surface area (TPSA) is 64.6 Å². The number of carbonyl (C=O) groups excluding carboxylic acids is 2. The van der Waals surface area contributed by atoms with Gasteiger partial charge in [0.2, 0.25) is 0 Å². The Hall–Kier alpha value is -2.74. The van der Waals surface area contributed by atoms with Gasteiger partial charge in [0.25, 0.3) is 0 Å². The summed E-state index contributed by atoms with van der Waals surface area (Å²) in [6.07, 6.45) is -7.30. The Morgan fingerprint density at radius 1 is 0.968 bits per heavy atom. The molecule has 31 heavy (non-hydrogen) atoms. The summed E-state index contributed by atoms with van der Waals surface area (Å²) in [6, 6.07) is 10.4. The number of nitrogens with one attached hydrogen (secondary N) is 1. The third kappa shape index (κ3) is 7.47. The molecule has 1 N–H and O–H groups in total. The summed E-state index contributed by atoms with van der Waals surface area (Å²) in [5.41, 5.74) is -0.138. The molecule has 2 aromatic rings. The van der Waals surface area contributed by atoms with Crippen LogP contribution in [0.1, 0.15) is 49.7 Å². The molecule has 5 nitrogen and oxygen atoms in total. The van der Waals surface area contributed by atoms with Gasteiger partial charge in [0.15, 0.2) is 11.9 Å². The van der Waals surface area contributed by atoms with Crippen molar-refractivity contribution in [2.24, 2.45) is 0 Å². The molecule has 0 saturated carbocycles. The van der Waals surface area contributed by atoms with Gasteiger partial charge in [-0.15, -0.1) is 0 Å². The van der Waals surface area contributed by atoms with Gasteiger partial charge in [0, 0.05) is 10.6 Å². The first-order valence-electron chi connectivity index (χ1n) is 9.39. The number of Topliss-reactive ketones (excluding diaryl/α,β-unsaturated/α-hetero) is 1. The minimum atomic E-state index is -4.51. The Bertz CT molecular complexity index is 906. The van der Waals surface area contributed by atoms with Crippen molar-refractivity contribution in [2.45, 2.75) is 51.6 Å². The number of benzene rings is 2. The highest BCUT2D eigenvalue weighted by molar-refractivity contribution is 6.30. The van der Waals surface area contributed by atoms with Crippen LogP contribution in [0.2, 0.25) is 5.02 Å². The second kappa shape index (κ2) is 9.60. The van der Waals surface area contributed by atoms with Gasteiger partial charge in [0.1, 0.15) is 17.4 Å². The molecular weight excluding hydrogens is 435 g/mol. The molecule has 9 heteroatoms. The number of hydrogen-bond acceptors (Lipinski definition) is 4. The monoisotopic (exact) mass is 457 g/mol. The maximum Gasteiger partial charge on any atom is 0.425 e. The number of carbonyl (C=O) groups is 2. The molecule has 2 rings (SSSR count). The predicted molar refractivity (Wildman–Crippen MR) is 110 cm³/mol. The molecule has 0 aromatic heterocycles. The lowest BCUT2D eigenvalue weighted by molar-refractivity contribution is -0.189. The third-order valence-electron chi connectivity index (χ3n) is 4.04. The Morgan fingerprint density at radius 3 is 2.00 bits per heavy atom. The van der Waals surface area contributed by atoms with Crippen LogP contribution in [0.25, 0.3) is 0 Å². The van der Waals surface area contributed by atoms with E-state index in [2.05, 4.69) is 5.32 Å². The van der Waals surface area contributed by atoms with Crippen LogP contribution in [-0.4, -0.2) is 29.8 Å². The van der Waals surface area contributed by atoms with Gasteiger partial charge in [-0.2, -0.15) is 13.2 Å². The summed E-state index contributed by atoms with van der Waals surface area (Å²) in [6.45, 7) is 5.95. The van der Waals surface area contributed by atoms with Crippen molar-refractivity contribution in [3.63, 3.8) is 0 Å². The molecular formula is C22H23ClF3NO4.